The van der Waals surface area contributed by atoms with E-state index in [9.17, 15) is 9.18 Å². The van der Waals surface area contributed by atoms with Crippen molar-refractivity contribution in [3.63, 3.8) is 0 Å². The van der Waals surface area contributed by atoms with Gasteiger partial charge in [0.15, 0.2) is 17.3 Å². The molecule has 1 atom stereocenters. The fourth-order valence-corrected chi connectivity index (χ4v) is 4.65. The van der Waals surface area contributed by atoms with E-state index < -0.39 is 0 Å². The van der Waals surface area contributed by atoms with E-state index in [4.69, 9.17) is 9.47 Å². The number of ether oxygens (including phenoxy) is 2. The maximum Gasteiger partial charge on any atom is 0.271 e. The van der Waals surface area contributed by atoms with Crippen molar-refractivity contribution in [3.05, 3.63) is 75.3 Å². The van der Waals surface area contributed by atoms with Gasteiger partial charge < -0.3 is 9.47 Å². The van der Waals surface area contributed by atoms with E-state index >= 15 is 0 Å². The summed E-state index contributed by atoms with van der Waals surface area (Å²) in [5.41, 5.74) is 1.86. The lowest BCUT2D eigenvalue weighted by Gasteiger charge is -2.22. The van der Waals surface area contributed by atoms with Gasteiger partial charge in [0.05, 0.1) is 23.0 Å². The Kier molecular flexibility index (Phi) is 5.91. The van der Waals surface area contributed by atoms with Crippen LogP contribution in [0.1, 0.15) is 48.8 Å². The number of aliphatic imine (C=N–C) groups is 1. The summed E-state index contributed by atoms with van der Waals surface area (Å²) in [6.07, 6.45) is 0. The molecule has 1 N–H and O–H groups in total. The van der Waals surface area contributed by atoms with Crippen LogP contribution in [0.15, 0.2) is 52.3 Å². The summed E-state index contributed by atoms with van der Waals surface area (Å²) >= 11 is 1.53. The Morgan fingerprint density at radius 2 is 2.00 bits per heavy atom. The SMILES string of the molecule is COc1cc([C@H]2SC(C)=Nc3c2c(=O)[nH]n3C(C)C)ccc1OCc1ccccc1F. The van der Waals surface area contributed by atoms with E-state index in [2.05, 4.69) is 10.1 Å². The first-order chi connectivity index (χ1) is 14.9. The van der Waals surface area contributed by atoms with Crippen molar-refractivity contribution < 1.29 is 13.9 Å². The Labute approximate surface area is 184 Å². The summed E-state index contributed by atoms with van der Waals surface area (Å²) in [5.74, 6) is 1.39. The maximum absolute atomic E-state index is 13.9. The second-order valence-electron chi connectivity index (χ2n) is 7.56. The number of nitrogens with zero attached hydrogens (tertiary/aromatic N) is 2. The molecule has 8 heteroatoms. The first kappa shape index (κ1) is 21.2. The van der Waals surface area contributed by atoms with Crippen molar-refractivity contribution >= 4 is 22.6 Å². The highest BCUT2D eigenvalue weighted by Crippen LogP contribution is 2.45. The summed E-state index contributed by atoms with van der Waals surface area (Å²) in [5, 5.41) is 3.57. The molecule has 0 radical (unpaired) electrons. The number of thioether (sulfide) groups is 1. The summed E-state index contributed by atoms with van der Waals surface area (Å²) in [6, 6.07) is 12.2. The number of aromatic nitrogens is 2. The van der Waals surface area contributed by atoms with Crippen molar-refractivity contribution in [3.8, 4) is 11.5 Å². The standard InChI is InChI=1S/C23H24FN3O3S/c1-13(2)27-22-20(23(28)26-27)21(31-14(3)25-22)15-9-10-18(19(11-15)29-4)30-12-16-7-5-6-8-17(16)24/h5-11,13,21H,12H2,1-4H3,(H,26,28)/t21-/m1/s1. The fourth-order valence-electron chi connectivity index (χ4n) is 3.56. The van der Waals surface area contributed by atoms with Gasteiger partial charge in [0, 0.05) is 11.6 Å². The molecule has 6 nitrogen and oxygen atoms in total. The van der Waals surface area contributed by atoms with Gasteiger partial charge in [0.2, 0.25) is 0 Å². The lowest BCUT2D eigenvalue weighted by molar-refractivity contribution is 0.279. The van der Waals surface area contributed by atoms with Crippen LogP contribution in [0.3, 0.4) is 0 Å². The molecule has 162 valence electrons. The summed E-state index contributed by atoms with van der Waals surface area (Å²) < 4.78 is 27.1. The highest BCUT2D eigenvalue weighted by molar-refractivity contribution is 8.14. The highest BCUT2D eigenvalue weighted by Gasteiger charge is 2.31. The number of nitrogens with one attached hydrogen (secondary N) is 1. The zero-order valence-electron chi connectivity index (χ0n) is 17.8. The molecule has 0 fully saturated rings. The number of rotatable bonds is 6. The zero-order valence-corrected chi connectivity index (χ0v) is 18.6. The Bertz CT molecular complexity index is 1200. The number of H-pyrrole nitrogens is 1. The minimum atomic E-state index is -0.312. The Balaban J connectivity index is 1.67. The van der Waals surface area contributed by atoms with Crippen molar-refractivity contribution in [2.75, 3.05) is 7.11 Å². The molecule has 1 aliphatic rings. The van der Waals surface area contributed by atoms with Gasteiger partial charge in [-0.05, 0) is 44.5 Å². The molecule has 31 heavy (non-hydrogen) atoms. The van der Waals surface area contributed by atoms with E-state index in [0.717, 1.165) is 10.6 Å². The van der Waals surface area contributed by atoms with Crippen LogP contribution < -0.4 is 15.0 Å². The lowest BCUT2D eigenvalue weighted by atomic mass is 10.1. The summed E-state index contributed by atoms with van der Waals surface area (Å²) in [4.78, 5) is 17.4. The molecule has 2 heterocycles. The van der Waals surface area contributed by atoms with Crippen LogP contribution in [0.4, 0.5) is 10.2 Å². The van der Waals surface area contributed by atoms with Crippen LogP contribution in [0.2, 0.25) is 0 Å². The molecule has 4 rings (SSSR count). The van der Waals surface area contributed by atoms with Crippen LogP contribution in [-0.2, 0) is 6.61 Å². The van der Waals surface area contributed by atoms with Crippen LogP contribution in [0.25, 0.3) is 0 Å². The minimum Gasteiger partial charge on any atom is -0.493 e. The molecular weight excluding hydrogens is 417 g/mol. The van der Waals surface area contributed by atoms with Crippen LogP contribution in [0.5, 0.6) is 11.5 Å². The van der Waals surface area contributed by atoms with Gasteiger partial charge in [-0.25, -0.2) is 9.38 Å². The minimum absolute atomic E-state index is 0.0837. The molecule has 0 amide bonds. The quantitative estimate of drug-likeness (QED) is 0.558. The average Bonchev–Trinajstić information content (AvgIpc) is 3.09. The van der Waals surface area contributed by atoms with Crippen molar-refractivity contribution in [2.24, 2.45) is 4.99 Å². The van der Waals surface area contributed by atoms with Gasteiger partial charge in [0.1, 0.15) is 12.4 Å². The Morgan fingerprint density at radius 3 is 2.71 bits per heavy atom. The zero-order chi connectivity index (χ0) is 22.1. The van der Waals surface area contributed by atoms with E-state index in [1.165, 1.54) is 17.8 Å². The van der Waals surface area contributed by atoms with Gasteiger partial charge in [0.25, 0.3) is 5.56 Å². The molecule has 0 saturated heterocycles. The van der Waals surface area contributed by atoms with Crippen molar-refractivity contribution in [2.45, 2.75) is 38.7 Å². The smallest absolute Gasteiger partial charge is 0.271 e. The monoisotopic (exact) mass is 441 g/mol. The number of halogens is 1. The number of fused-ring (bicyclic) bond motifs is 1. The number of aromatic amines is 1. The lowest BCUT2D eigenvalue weighted by Crippen LogP contribution is -2.13. The Hall–Kier alpha value is -3.00. The van der Waals surface area contributed by atoms with Crippen molar-refractivity contribution in [1.82, 2.24) is 9.78 Å². The highest BCUT2D eigenvalue weighted by atomic mass is 32.2. The largest absolute Gasteiger partial charge is 0.493 e. The summed E-state index contributed by atoms with van der Waals surface area (Å²) in [7, 11) is 1.56. The van der Waals surface area contributed by atoms with E-state index in [-0.39, 0.29) is 29.3 Å². The molecule has 0 unspecified atom stereocenters. The normalized spacial score (nSPS) is 15.5. The first-order valence-corrected chi connectivity index (χ1v) is 10.9. The number of methoxy groups -OCH3 is 1. The number of hydrogen-bond acceptors (Lipinski definition) is 5. The molecule has 0 spiro atoms. The van der Waals surface area contributed by atoms with Gasteiger partial charge in [-0.15, -0.1) is 0 Å². The van der Waals surface area contributed by atoms with Gasteiger partial charge in [-0.2, -0.15) is 0 Å². The second-order valence-corrected chi connectivity index (χ2v) is 8.86. The van der Waals surface area contributed by atoms with Crippen molar-refractivity contribution in [1.29, 1.82) is 0 Å². The molecular formula is C23H24FN3O3S. The third-order valence-corrected chi connectivity index (χ3v) is 6.27. The third kappa shape index (κ3) is 4.12. The van der Waals surface area contributed by atoms with E-state index in [1.54, 1.807) is 36.1 Å². The predicted molar refractivity (Wildman–Crippen MR) is 121 cm³/mol. The fraction of sp³-hybridized carbons (Fsp3) is 0.304. The molecule has 0 aliphatic carbocycles. The van der Waals surface area contributed by atoms with Gasteiger partial charge in [-0.3, -0.25) is 14.6 Å². The molecule has 1 aliphatic heterocycles. The average molecular weight is 442 g/mol. The molecule has 0 bridgehead atoms. The van der Waals surface area contributed by atoms with Gasteiger partial charge >= 0.3 is 0 Å². The second kappa shape index (κ2) is 8.63. The summed E-state index contributed by atoms with van der Waals surface area (Å²) in [6.45, 7) is 6.03. The first-order valence-electron chi connectivity index (χ1n) is 9.99. The third-order valence-electron chi connectivity index (χ3n) is 5.10. The van der Waals surface area contributed by atoms with Crippen LogP contribution >= 0.6 is 11.8 Å². The maximum atomic E-state index is 13.9. The van der Waals surface area contributed by atoms with E-state index in [0.29, 0.717) is 28.4 Å². The molecule has 3 aromatic rings. The topological polar surface area (TPSA) is 68.6 Å². The Morgan fingerprint density at radius 1 is 1.23 bits per heavy atom. The molecule has 2 aromatic carbocycles. The molecule has 0 saturated carbocycles. The van der Waals surface area contributed by atoms with Gasteiger partial charge in [-0.1, -0.05) is 36.0 Å². The van der Waals surface area contributed by atoms with E-state index in [1.807, 2.05) is 32.9 Å². The predicted octanol–water partition coefficient (Wildman–Crippen LogP) is 5.37. The van der Waals surface area contributed by atoms with Crippen LogP contribution in [-0.4, -0.2) is 21.9 Å². The van der Waals surface area contributed by atoms with Crippen LogP contribution in [0, 0.1) is 5.82 Å². The molecule has 1 aromatic heterocycles. The number of benzene rings is 2. The number of hydrogen-bond donors (Lipinski definition) is 1.